The molecule has 3 atom stereocenters. The molecule has 5 heterocycles. The molecule has 0 bridgehead atoms. The van der Waals surface area contributed by atoms with Crippen LogP contribution in [-0.2, 0) is 0 Å². The van der Waals surface area contributed by atoms with Crippen LogP contribution >= 0.6 is 0 Å². The molecule has 6 rings (SSSR count). The molecule has 6 nitrogen and oxygen atoms in total. The molecule has 2 aliphatic rings. The van der Waals surface area contributed by atoms with Crippen molar-refractivity contribution < 1.29 is 0 Å². The summed E-state index contributed by atoms with van der Waals surface area (Å²) in [7, 11) is 0. The van der Waals surface area contributed by atoms with Gasteiger partial charge in [0.2, 0.25) is 0 Å². The summed E-state index contributed by atoms with van der Waals surface area (Å²) in [5, 5.41) is 3.64. The Labute approximate surface area is 186 Å². The number of aryl methyl sites for hydroxylation is 2. The molecular weight excluding hydrogens is 398 g/mol. The maximum atomic E-state index is 13.0. The highest BCUT2D eigenvalue weighted by atomic mass is 16.1. The van der Waals surface area contributed by atoms with Crippen molar-refractivity contribution in [2.45, 2.75) is 39.7 Å². The van der Waals surface area contributed by atoms with Crippen LogP contribution in [0.2, 0.25) is 0 Å². The van der Waals surface area contributed by atoms with Crippen molar-refractivity contribution in [1.29, 1.82) is 0 Å². The smallest absolute Gasteiger partial charge is 0.258 e. The van der Waals surface area contributed by atoms with Crippen LogP contribution in [0.1, 0.15) is 36.7 Å². The molecule has 4 aromatic heterocycles. The molecule has 32 heavy (non-hydrogen) atoms. The van der Waals surface area contributed by atoms with E-state index in [1.165, 1.54) is 12.0 Å². The van der Waals surface area contributed by atoms with Crippen LogP contribution < -0.4 is 10.9 Å². The summed E-state index contributed by atoms with van der Waals surface area (Å²) in [5.41, 5.74) is 7.60. The highest BCUT2D eigenvalue weighted by molar-refractivity contribution is 5.71. The monoisotopic (exact) mass is 425 g/mol. The van der Waals surface area contributed by atoms with Gasteiger partial charge in [0, 0.05) is 36.3 Å². The lowest BCUT2D eigenvalue weighted by Crippen LogP contribution is -2.34. The molecule has 2 unspecified atom stereocenters. The molecule has 162 valence electrons. The molecule has 0 amide bonds. The van der Waals surface area contributed by atoms with Crippen molar-refractivity contribution in [2.24, 2.45) is 11.8 Å². The minimum absolute atomic E-state index is 0.0602. The van der Waals surface area contributed by atoms with E-state index >= 15 is 0 Å². The molecule has 0 radical (unpaired) electrons. The van der Waals surface area contributed by atoms with E-state index in [-0.39, 0.29) is 5.56 Å². The summed E-state index contributed by atoms with van der Waals surface area (Å²) in [4.78, 5) is 22.4. The number of fused-ring (bicyclic) bond motifs is 2. The third kappa shape index (κ3) is 3.26. The van der Waals surface area contributed by atoms with Gasteiger partial charge in [-0.15, -0.1) is 0 Å². The molecule has 0 spiro atoms. The molecule has 6 heteroatoms. The first kappa shape index (κ1) is 19.4. The number of hydrogen-bond donors (Lipinski definition) is 1. The topological polar surface area (TPSA) is 63.7 Å². The lowest BCUT2D eigenvalue weighted by molar-refractivity contribution is 0.511. The van der Waals surface area contributed by atoms with Gasteiger partial charge in [0.25, 0.3) is 5.56 Å². The molecule has 1 fully saturated rings. The van der Waals surface area contributed by atoms with Crippen LogP contribution in [-0.4, -0.2) is 31.4 Å². The van der Waals surface area contributed by atoms with Crippen molar-refractivity contribution in [1.82, 2.24) is 24.1 Å². The van der Waals surface area contributed by atoms with Gasteiger partial charge in [-0.3, -0.25) is 14.2 Å². The van der Waals surface area contributed by atoms with Crippen molar-refractivity contribution in [2.75, 3.05) is 6.54 Å². The zero-order valence-corrected chi connectivity index (χ0v) is 18.7. The number of nitrogens with one attached hydrogen (secondary N) is 1. The lowest BCUT2D eigenvalue weighted by atomic mass is 9.96. The second kappa shape index (κ2) is 7.14. The molecular formula is C26H27N5O. The fraction of sp³-hybridized carbons (Fsp3) is 0.346. The van der Waals surface area contributed by atoms with Crippen molar-refractivity contribution in [3.05, 3.63) is 76.2 Å². The molecule has 1 saturated carbocycles. The summed E-state index contributed by atoms with van der Waals surface area (Å²) >= 11 is 0. The predicted molar refractivity (Wildman–Crippen MR) is 127 cm³/mol. The van der Waals surface area contributed by atoms with Crippen LogP contribution in [0.25, 0.3) is 28.0 Å². The van der Waals surface area contributed by atoms with E-state index in [9.17, 15) is 4.79 Å². The Balaban J connectivity index is 1.39. The average Bonchev–Trinajstić information content (AvgIpc) is 3.35. The van der Waals surface area contributed by atoms with E-state index in [2.05, 4.69) is 33.8 Å². The minimum Gasteiger partial charge on any atom is -0.320 e. The summed E-state index contributed by atoms with van der Waals surface area (Å²) in [5.74, 6) is 1.55. The molecule has 1 aliphatic heterocycles. The first-order valence-corrected chi connectivity index (χ1v) is 11.4. The van der Waals surface area contributed by atoms with Gasteiger partial charge in [-0.25, -0.2) is 4.98 Å². The SMILES string of the molecule is Cc1cn2cc(-c3cc(=O)n4cc(C5=CC([C@H]6CC6C)NCC5)ccc4n3)cc2c(C)n1. The van der Waals surface area contributed by atoms with Crippen LogP contribution in [0.4, 0.5) is 0 Å². The highest BCUT2D eigenvalue weighted by Crippen LogP contribution is 2.42. The maximum Gasteiger partial charge on any atom is 0.258 e. The largest absolute Gasteiger partial charge is 0.320 e. The lowest BCUT2D eigenvalue weighted by Gasteiger charge is -2.23. The van der Waals surface area contributed by atoms with E-state index in [0.29, 0.717) is 17.4 Å². The van der Waals surface area contributed by atoms with E-state index in [1.54, 1.807) is 10.5 Å². The van der Waals surface area contributed by atoms with Crippen LogP contribution in [0.5, 0.6) is 0 Å². The summed E-state index contributed by atoms with van der Waals surface area (Å²) in [6, 6.07) is 8.20. The van der Waals surface area contributed by atoms with Gasteiger partial charge in [0.05, 0.1) is 22.6 Å². The quantitative estimate of drug-likeness (QED) is 0.538. The van der Waals surface area contributed by atoms with E-state index in [4.69, 9.17) is 4.98 Å². The van der Waals surface area contributed by atoms with Crippen LogP contribution in [0.3, 0.4) is 0 Å². The molecule has 0 saturated heterocycles. The third-order valence-corrected chi connectivity index (χ3v) is 7.00. The van der Waals surface area contributed by atoms with Gasteiger partial charge in [0.1, 0.15) is 5.65 Å². The highest BCUT2D eigenvalue weighted by Gasteiger charge is 2.39. The average molecular weight is 426 g/mol. The third-order valence-electron chi connectivity index (χ3n) is 7.00. The normalized spacial score (nSPS) is 23.0. The first-order chi connectivity index (χ1) is 15.5. The van der Waals surface area contributed by atoms with Crippen molar-refractivity contribution in [3.63, 3.8) is 0 Å². The Hall–Kier alpha value is -3.25. The Morgan fingerprint density at radius 3 is 2.72 bits per heavy atom. The molecule has 0 aromatic carbocycles. The van der Waals surface area contributed by atoms with Gasteiger partial charge >= 0.3 is 0 Å². The van der Waals surface area contributed by atoms with E-state index in [0.717, 1.165) is 52.8 Å². The fourth-order valence-corrected chi connectivity index (χ4v) is 5.11. The summed E-state index contributed by atoms with van der Waals surface area (Å²) in [6.45, 7) is 7.29. The van der Waals surface area contributed by atoms with Gasteiger partial charge in [-0.05, 0) is 74.4 Å². The number of pyridine rings is 1. The number of rotatable bonds is 3. The second-order valence-corrected chi connectivity index (χ2v) is 9.41. The van der Waals surface area contributed by atoms with E-state index in [1.807, 2.05) is 44.6 Å². The number of aromatic nitrogens is 4. The standard InChI is InChI=1S/C26H27N5O/c1-15-8-21(15)23-9-18(6-7-27-23)19-4-5-25-29-22(11-26(32)31(25)14-19)20-10-24-17(3)28-16(2)12-30(24)13-20/h4-5,9-15,21,23,27H,6-8H2,1-3H3/t15?,21-,23?/m0/s1. The minimum atomic E-state index is -0.0602. The van der Waals surface area contributed by atoms with Crippen molar-refractivity contribution >= 4 is 16.7 Å². The van der Waals surface area contributed by atoms with Crippen LogP contribution in [0, 0.1) is 25.7 Å². The Bertz CT molecular complexity index is 1460. The van der Waals surface area contributed by atoms with Gasteiger partial charge in [0.15, 0.2) is 0 Å². The van der Waals surface area contributed by atoms with Gasteiger partial charge < -0.3 is 9.72 Å². The number of hydrogen-bond acceptors (Lipinski definition) is 4. The van der Waals surface area contributed by atoms with Gasteiger partial charge in [-0.2, -0.15) is 0 Å². The maximum absolute atomic E-state index is 13.0. The molecule has 1 aliphatic carbocycles. The fourth-order valence-electron chi connectivity index (χ4n) is 5.11. The zero-order chi connectivity index (χ0) is 22.0. The second-order valence-electron chi connectivity index (χ2n) is 9.41. The Morgan fingerprint density at radius 2 is 1.91 bits per heavy atom. The van der Waals surface area contributed by atoms with Crippen molar-refractivity contribution in [3.8, 4) is 11.3 Å². The predicted octanol–water partition coefficient (Wildman–Crippen LogP) is 4.03. The zero-order valence-electron chi connectivity index (χ0n) is 18.7. The van der Waals surface area contributed by atoms with Crippen LogP contribution in [0.15, 0.2) is 53.7 Å². The summed E-state index contributed by atoms with van der Waals surface area (Å²) in [6.07, 6.45) is 10.6. The molecule has 1 N–H and O–H groups in total. The summed E-state index contributed by atoms with van der Waals surface area (Å²) < 4.78 is 3.73. The van der Waals surface area contributed by atoms with Gasteiger partial charge in [-0.1, -0.05) is 13.0 Å². The Kier molecular flexibility index (Phi) is 4.33. The molecule has 4 aromatic rings. The Morgan fingerprint density at radius 1 is 1.06 bits per heavy atom. The number of nitrogens with zero attached hydrogens (tertiary/aromatic N) is 4. The van der Waals surface area contributed by atoms with E-state index < -0.39 is 0 Å². The first-order valence-electron chi connectivity index (χ1n) is 11.4.